The molecule has 166 valence electrons. The largest absolute Gasteiger partial charge is 0.307 e. The Bertz CT molecular complexity index is 1310. The van der Waals surface area contributed by atoms with E-state index in [4.69, 9.17) is 0 Å². The van der Waals surface area contributed by atoms with Crippen molar-refractivity contribution in [1.82, 2.24) is 19.3 Å². The lowest BCUT2D eigenvalue weighted by atomic mass is 10.0. The van der Waals surface area contributed by atoms with Crippen LogP contribution in [0.25, 0.3) is 11.2 Å². The minimum absolute atomic E-state index is 0.0816. The van der Waals surface area contributed by atoms with Crippen LogP contribution in [0.15, 0.2) is 71.8 Å². The average molecular weight is 449 g/mol. The van der Waals surface area contributed by atoms with Crippen molar-refractivity contribution in [3.05, 3.63) is 89.4 Å². The molecular formula is C25H28N4O2S. The van der Waals surface area contributed by atoms with Gasteiger partial charge in [0.25, 0.3) is 0 Å². The fourth-order valence-corrected chi connectivity index (χ4v) is 4.68. The standard InChI is InChI=1S/C25H28N4O2S/c1-18(2)15-20-10-12-22(13-11-20)32(30,31)27-16-24-28-23-5-4-14-26-25(23)29(24)17-21-8-6-19(3)7-9-21/h4-14,18,27H,15-17H2,1-3H3. The Morgan fingerprint density at radius 1 is 0.969 bits per heavy atom. The summed E-state index contributed by atoms with van der Waals surface area (Å²) in [5, 5.41) is 0. The van der Waals surface area contributed by atoms with Crippen LogP contribution in [0.5, 0.6) is 0 Å². The topological polar surface area (TPSA) is 76.9 Å². The number of aromatic nitrogens is 3. The molecule has 1 N–H and O–H groups in total. The van der Waals surface area contributed by atoms with Gasteiger partial charge in [-0.1, -0.05) is 55.8 Å². The summed E-state index contributed by atoms with van der Waals surface area (Å²) in [7, 11) is -3.66. The van der Waals surface area contributed by atoms with Gasteiger partial charge in [0, 0.05) is 6.20 Å². The van der Waals surface area contributed by atoms with E-state index in [9.17, 15) is 8.42 Å². The normalized spacial score (nSPS) is 12.0. The Labute approximate surface area is 189 Å². The van der Waals surface area contributed by atoms with E-state index in [2.05, 4.69) is 52.8 Å². The van der Waals surface area contributed by atoms with Crippen LogP contribution in [-0.4, -0.2) is 23.0 Å². The second kappa shape index (κ2) is 9.22. The number of benzene rings is 2. The van der Waals surface area contributed by atoms with Crippen LogP contribution in [0, 0.1) is 12.8 Å². The molecule has 4 rings (SSSR count). The van der Waals surface area contributed by atoms with Crippen molar-refractivity contribution >= 4 is 21.2 Å². The second-order valence-corrected chi connectivity index (χ2v) is 10.3. The van der Waals surface area contributed by atoms with Gasteiger partial charge in [-0.2, -0.15) is 0 Å². The molecule has 2 aromatic heterocycles. The van der Waals surface area contributed by atoms with Crippen LogP contribution in [0.2, 0.25) is 0 Å². The number of hydrogen-bond donors (Lipinski definition) is 1. The molecule has 4 aromatic rings. The third-order valence-corrected chi connectivity index (χ3v) is 6.76. The molecule has 0 amide bonds. The molecule has 0 bridgehead atoms. The minimum Gasteiger partial charge on any atom is -0.307 e. The second-order valence-electron chi connectivity index (χ2n) is 8.51. The van der Waals surface area contributed by atoms with Crippen LogP contribution in [-0.2, 0) is 29.5 Å². The van der Waals surface area contributed by atoms with E-state index in [0.29, 0.717) is 18.3 Å². The lowest BCUT2D eigenvalue weighted by Crippen LogP contribution is -2.25. The molecule has 32 heavy (non-hydrogen) atoms. The molecule has 0 unspecified atom stereocenters. The number of hydrogen-bond acceptors (Lipinski definition) is 4. The number of fused-ring (bicyclic) bond motifs is 1. The monoisotopic (exact) mass is 448 g/mol. The number of imidazole rings is 1. The van der Waals surface area contributed by atoms with Gasteiger partial charge in [-0.25, -0.2) is 23.1 Å². The molecule has 2 heterocycles. The Hall–Kier alpha value is -3.03. The molecule has 0 saturated carbocycles. The Morgan fingerprint density at radius 3 is 2.34 bits per heavy atom. The summed E-state index contributed by atoms with van der Waals surface area (Å²) >= 11 is 0. The summed E-state index contributed by atoms with van der Waals surface area (Å²) in [5.41, 5.74) is 4.90. The van der Waals surface area contributed by atoms with Crippen molar-refractivity contribution in [1.29, 1.82) is 0 Å². The molecule has 2 aromatic carbocycles. The van der Waals surface area contributed by atoms with Gasteiger partial charge in [0.15, 0.2) is 5.65 Å². The fourth-order valence-electron chi connectivity index (χ4n) is 3.70. The Kier molecular flexibility index (Phi) is 6.39. The van der Waals surface area contributed by atoms with E-state index in [0.717, 1.165) is 28.7 Å². The van der Waals surface area contributed by atoms with Gasteiger partial charge in [0.1, 0.15) is 11.3 Å². The van der Waals surface area contributed by atoms with Gasteiger partial charge in [-0.15, -0.1) is 0 Å². The van der Waals surface area contributed by atoms with Gasteiger partial charge in [0.05, 0.1) is 18.0 Å². The van der Waals surface area contributed by atoms with Crippen molar-refractivity contribution in [3.63, 3.8) is 0 Å². The summed E-state index contributed by atoms with van der Waals surface area (Å²) < 4.78 is 30.5. The third-order valence-electron chi connectivity index (χ3n) is 5.34. The zero-order valence-electron chi connectivity index (χ0n) is 18.6. The van der Waals surface area contributed by atoms with Gasteiger partial charge < -0.3 is 4.57 Å². The van der Waals surface area contributed by atoms with Crippen molar-refractivity contribution in [3.8, 4) is 0 Å². The first-order valence-corrected chi connectivity index (χ1v) is 12.2. The average Bonchev–Trinajstić information content (AvgIpc) is 3.11. The Balaban J connectivity index is 1.57. The van der Waals surface area contributed by atoms with Crippen LogP contribution in [0.1, 0.15) is 36.4 Å². The summed E-state index contributed by atoms with van der Waals surface area (Å²) in [4.78, 5) is 9.37. The van der Waals surface area contributed by atoms with Gasteiger partial charge >= 0.3 is 0 Å². The first-order chi connectivity index (χ1) is 15.3. The van der Waals surface area contributed by atoms with Crippen molar-refractivity contribution in [2.75, 3.05) is 0 Å². The van der Waals surface area contributed by atoms with E-state index in [1.807, 2.05) is 35.8 Å². The Morgan fingerprint density at radius 2 is 1.66 bits per heavy atom. The van der Waals surface area contributed by atoms with Crippen LogP contribution in [0.3, 0.4) is 0 Å². The number of sulfonamides is 1. The highest BCUT2D eigenvalue weighted by molar-refractivity contribution is 7.89. The predicted octanol–water partition coefficient (Wildman–Crippen LogP) is 4.47. The molecule has 0 atom stereocenters. The predicted molar refractivity (Wildman–Crippen MR) is 127 cm³/mol. The van der Waals surface area contributed by atoms with Crippen molar-refractivity contribution in [2.45, 2.75) is 45.2 Å². The first-order valence-electron chi connectivity index (χ1n) is 10.8. The number of pyridine rings is 1. The lowest BCUT2D eigenvalue weighted by Gasteiger charge is -2.11. The minimum atomic E-state index is -3.66. The highest BCUT2D eigenvalue weighted by atomic mass is 32.2. The highest BCUT2D eigenvalue weighted by Gasteiger charge is 2.18. The van der Waals surface area contributed by atoms with Crippen molar-refractivity contribution < 1.29 is 8.42 Å². The van der Waals surface area contributed by atoms with Crippen LogP contribution >= 0.6 is 0 Å². The molecule has 0 fully saturated rings. The quantitative estimate of drug-likeness (QED) is 0.432. The van der Waals surface area contributed by atoms with Crippen LogP contribution in [0.4, 0.5) is 0 Å². The molecule has 0 radical (unpaired) electrons. The summed E-state index contributed by atoms with van der Waals surface area (Å²) in [5.74, 6) is 1.14. The maximum Gasteiger partial charge on any atom is 0.240 e. The maximum atomic E-state index is 12.9. The molecule has 0 aliphatic heterocycles. The number of aryl methyl sites for hydroxylation is 1. The SMILES string of the molecule is Cc1ccc(Cn2c(CNS(=O)(=O)c3ccc(CC(C)C)cc3)nc3cccnc32)cc1. The molecule has 0 saturated heterocycles. The maximum absolute atomic E-state index is 12.9. The molecule has 0 aliphatic carbocycles. The smallest absolute Gasteiger partial charge is 0.240 e. The number of nitrogens with zero attached hydrogens (tertiary/aromatic N) is 3. The highest BCUT2D eigenvalue weighted by Crippen LogP contribution is 2.18. The van der Waals surface area contributed by atoms with E-state index < -0.39 is 10.0 Å². The number of rotatable bonds is 8. The summed E-state index contributed by atoms with van der Waals surface area (Å²) in [6.07, 6.45) is 2.64. The molecule has 0 spiro atoms. The molecule has 0 aliphatic rings. The summed E-state index contributed by atoms with van der Waals surface area (Å²) in [6, 6.07) is 19.1. The van der Waals surface area contributed by atoms with E-state index >= 15 is 0 Å². The fraction of sp³-hybridized carbons (Fsp3) is 0.280. The molecule has 7 heteroatoms. The van der Waals surface area contributed by atoms with Gasteiger partial charge in [0.2, 0.25) is 10.0 Å². The zero-order valence-corrected chi connectivity index (χ0v) is 19.4. The third kappa shape index (κ3) is 5.06. The van der Waals surface area contributed by atoms with Gasteiger partial charge in [-0.3, -0.25) is 0 Å². The first kappa shape index (κ1) is 22.2. The van der Waals surface area contributed by atoms with E-state index in [1.165, 1.54) is 5.56 Å². The number of nitrogens with one attached hydrogen (secondary N) is 1. The van der Waals surface area contributed by atoms with Gasteiger partial charge in [-0.05, 0) is 54.7 Å². The van der Waals surface area contributed by atoms with E-state index in [1.54, 1.807) is 18.3 Å². The van der Waals surface area contributed by atoms with Crippen molar-refractivity contribution in [2.24, 2.45) is 5.92 Å². The molecular weight excluding hydrogens is 420 g/mol. The zero-order chi connectivity index (χ0) is 22.7. The molecule has 6 nitrogen and oxygen atoms in total. The van der Waals surface area contributed by atoms with Crippen LogP contribution < -0.4 is 4.72 Å². The summed E-state index contributed by atoms with van der Waals surface area (Å²) in [6.45, 7) is 6.98. The van der Waals surface area contributed by atoms with E-state index in [-0.39, 0.29) is 11.4 Å². The lowest BCUT2D eigenvalue weighted by molar-refractivity contribution is 0.576.